The van der Waals surface area contributed by atoms with E-state index in [1.807, 2.05) is 12.2 Å². The molecule has 0 amide bonds. The second-order valence-corrected chi connectivity index (χ2v) is 11.9. The summed E-state index contributed by atoms with van der Waals surface area (Å²) in [4.78, 5) is 24.2. The molecule has 0 fully saturated rings. The quantitative estimate of drug-likeness (QED) is 0.0445. The highest BCUT2D eigenvalue weighted by atomic mass is 16.6. The largest absolute Gasteiger partial charge is 0.462 e. The number of rotatable bonds is 32. The minimum Gasteiger partial charge on any atom is -0.462 e. The van der Waals surface area contributed by atoms with Gasteiger partial charge in [0.1, 0.15) is 6.61 Å². The predicted octanol–water partition coefficient (Wildman–Crippen LogP) is 11.6. The Morgan fingerprint density at radius 2 is 0.957 bits per heavy atom. The lowest BCUT2D eigenvalue weighted by Crippen LogP contribution is -2.28. The van der Waals surface area contributed by atoms with Crippen molar-refractivity contribution in [3.05, 3.63) is 85.1 Å². The molecule has 266 valence electrons. The fourth-order valence-corrected chi connectivity index (χ4v) is 4.63. The molecule has 5 nitrogen and oxygen atoms in total. The van der Waals surface area contributed by atoms with Gasteiger partial charge in [-0.2, -0.15) is 0 Å². The number of aliphatic hydroxyl groups excluding tert-OH is 1. The first-order valence-corrected chi connectivity index (χ1v) is 18.6. The van der Waals surface area contributed by atoms with Gasteiger partial charge in [-0.3, -0.25) is 9.59 Å². The Morgan fingerprint density at radius 3 is 1.47 bits per heavy atom. The van der Waals surface area contributed by atoms with Crippen LogP contribution >= 0.6 is 0 Å². The van der Waals surface area contributed by atoms with Crippen LogP contribution in [-0.4, -0.2) is 36.4 Å². The average Bonchev–Trinajstić information content (AvgIpc) is 3.07. The highest BCUT2D eigenvalue weighted by Gasteiger charge is 2.15. The number of unbranched alkanes of at least 4 members (excludes halogenated alkanes) is 10. The maximum atomic E-state index is 12.1. The molecule has 0 aliphatic heterocycles. The standard InChI is InChI=1S/C42H68O5/c1-3-5-7-9-11-13-15-17-19-20-21-22-23-25-26-28-30-32-34-36-41(44)46-39-40(38-43)47-42(45)37-35-33-31-29-27-24-18-16-14-12-10-8-6-4-2/h5,7,11,13,16-19,21-22,25-26,30,32,40,43H,3-4,6,8-10,12,14-15,20,23-24,27-29,31,33-39H2,1-2H3/b7-5+,13-11+,18-16+,19-17+,22-21+,26-25+,32-30+/t40-/m0/s1. The molecule has 0 unspecified atom stereocenters. The molecule has 0 aromatic heterocycles. The van der Waals surface area contributed by atoms with E-state index in [1.54, 1.807) is 0 Å². The van der Waals surface area contributed by atoms with Crippen molar-refractivity contribution < 1.29 is 24.2 Å². The number of allylic oxidation sites excluding steroid dienone is 14. The average molecular weight is 653 g/mol. The molecule has 0 heterocycles. The van der Waals surface area contributed by atoms with E-state index in [4.69, 9.17) is 9.47 Å². The van der Waals surface area contributed by atoms with E-state index >= 15 is 0 Å². The number of esters is 2. The summed E-state index contributed by atoms with van der Waals surface area (Å²) in [5.41, 5.74) is 0. The van der Waals surface area contributed by atoms with Gasteiger partial charge in [-0.15, -0.1) is 0 Å². The Bertz CT molecular complexity index is 921. The lowest BCUT2D eigenvalue weighted by atomic mass is 10.1. The fourth-order valence-electron chi connectivity index (χ4n) is 4.63. The number of hydrogen-bond acceptors (Lipinski definition) is 5. The molecule has 1 N–H and O–H groups in total. The Kier molecular flexibility index (Phi) is 35.2. The lowest BCUT2D eigenvalue weighted by molar-refractivity contribution is -0.161. The first-order valence-electron chi connectivity index (χ1n) is 18.6. The van der Waals surface area contributed by atoms with Gasteiger partial charge in [-0.25, -0.2) is 0 Å². The van der Waals surface area contributed by atoms with Gasteiger partial charge in [-0.05, 0) is 77.0 Å². The predicted molar refractivity (Wildman–Crippen MR) is 200 cm³/mol. The molecular weight excluding hydrogens is 584 g/mol. The van der Waals surface area contributed by atoms with Gasteiger partial charge in [0.25, 0.3) is 0 Å². The first kappa shape index (κ1) is 44.1. The van der Waals surface area contributed by atoms with Gasteiger partial charge in [0.15, 0.2) is 6.10 Å². The zero-order chi connectivity index (χ0) is 34.3. The van der Waals surface area contributed by atoms with Gasteiger partial charge in [0, 0.05) is 12.8 Å². The van der Waals surface area contributed by atoms with Gasteiger partial charge in [-0.1, -0.05) is 144 Å². The Labute approximate surface area is 288 Å². The maximum absolute atomic E-state index is 12.1. The highest BCUT2D eigenvalue weighted by Crippen LogP contribution is 2.10. The van der Waals surface area contributed by atoms with Gasteiger partial charge >= 0.3 is 11.9 Å². The summed E-state index contributed by atoms with van der Waals surface area (Å²) >= 11 is 0. The Balaban J connectivity index is 3.75. The normalized spacial score (nSPS) is 13.2. The van der Waals surface area contributed by atoms with Crippen molar-refractivity contribution in [2.75, 3.05) is 13.2 Å². The van der Waals surface area contributed by atoms with Crippen LogP contribution in [-0.2, 0) is 19.1 Å². The molecule has 0 aliphatic rings. The van der Waals surface area contributed by atoms with Crippen molar-refractivity contribution in [3.8, 4) is 0 Å². The number of ether oxygens (including phenoxy) is 2. The van der Waals surface area contributed by atoms with Crippen LogP contribution in [0.2, 0.25) is 0 Å². The van der Waals surface area contributed by atoms with Crippen LogP contribution in [0, 0.1) is 0 Å². The van der Waals surface area contributed by atoms with Crippen molar-refractivity contribution in [2.24, 2.45) is 0 Å². The minimum absolute atomic E-state index is 0.114. The third-order valence-electron chi connectivity index (χ3n) is 7.44. The van der Waals surface area contributed by atoms with Crippen molar-refractivity contribution in [1.29, 1.82) is 0 Å². The smallest absolute Gasteiger partial charge is 0.306 e. The summed E-state index contributed by atoms with van der Waals surface area (Å²) in [5.74, 6) is -0.708. The van der Waals surface area contributed by atoms with Crippen LogP contribution in [0.15, 0.2) is 85.1 Å². The van der Waals surface area contributed by atoms with E-state index < -0.39 is 6.10 Å². The Hall–Kier alpha value is -2.92. The summed E-state index contributed by atoms with van der Waals surface area (Å²) < 4.78 is 10.5. The summed E-state index contributed by atoms with van der Waals surface area (Å²) in [5, 5.41) is 9.52. The monoisotopic (exact) mass is 653 g/mol. The summed E-state index contributed by atoms with van der Waals surface area (Å²) in [7, 11) is 0. The van der Waals surface area contributed by atoms with Crippen LogP contribution in [0.4, 0.5) is 0 Å². The lowest BCUT2D eigenvalue weighted by Gasteiger charge is -2.15. The molecule has 0 rings (SSSR count). The number of aliphatic hydroxyl groups is 1. The molecule has 0 spiro atoms. The molecule has 5 heteroatoms. The number of carbonyl (C=O) groups excluding carboxylic acids is 2. The highest BCUT2D eigenvalue weighted by molar-refractivity contribution is 5.70. The molecule has 0 bridgehead atoms. The van der Waals surface area contributed by atoms with Crippen molar-refractivity contribution in [2.45, 2.75) is 155 Å². The minimum atomic E-state index is -0.809. The van der Waals surface area contributed by atoms with Crippen molar-refractivity contribution >= 4 is 11.9 Å². The maximum Gasteiger partial charge on any atom is 0.306 e. The molecule has 1 atom stereocenters. The van der Waals surface area contributed by atoms with Crippen LogP contribution in [0.25, 0.3) is 0 Å². The van der Waals surface area contributed by atoms with Gasteiger partial charge in [0.2, 0.25) is 0 Å². The molecule has 47 heavy (non-hydrogen) atoms. The summed E-state index contributed by atoms with van der Waals surface area (Å²) in [6.45, 7) is 3.92. The molecule has 0 aromatic rings. The zero-order valence-corrected chi connectivity index (χ0v) is 30.0. The second-order valence-electron chi connectivity index (χ2n) is 11.9. The number of carbonyl (C=O) groups is 2. The van der Waals surface area contributed by atoms with E-state index in [1.165, 1.54) is 51.4 Å². The van der Waals surface area contributed by atoms with Gasteiger partial charge < -0.3 is 14.6 Å². The third-order valence-corrected chi connectivity index (χ3v) is 7.44. The topological polar surface area (TPSA) is 72.8 Å². The SMILES string of the molecule is CC/C=C/C/C=C/C/C=C/C/C=C/C/C=C/C/C=C/CCC(=O)OC[C@H](CO)OC(=O)CCCCCCC/C=C/CCCCCCC. The molecule has 0 aliphatic carbocycles. The van der Waals surface area contributed by atoms with Crippen molar-refractivity contribution in [1.82, 2.24) is 0 Å². The van der Waals surface area contributed by atoms with E-state index in [-0.39, 0.29) is 31.6 Å². The fraction of sp³-hybridized carbons (Fsp3) is 0.619. The molecule has 0 aromatic carbocycles. The van der Waals surface area contributed by atoms with Crippen molar-refractivity contribution in [3.63, 3.8) is 0 Å². The third kappa shape index (κ3) is 35.8. The van der Waals surface area contributed by atoms with E-state index in [2.05, 4.69) is 86.8 Å². The molecule has 0 saturated heterocycles. The van der Waals surface area contributed by atoms with Crippen LogP contribution in [0.5, 0.6) is 0 Å². The first-order chi connectivity index (χ1) is 23.1. The second kappa shape index (κ2) is 37.5. The van der Waals surface area contributed by atoms with E-state index in [0.29, 0.717) is 12.8 Å². The summed E-state index contributed by atoms with van der Waals surface area (Å²) in [6, 6.07) is 0. The van der Waals surface area contributed by atoms with Gasteiger partial charge in [0.05, 0.1) is 6.61 Å². The molecule has 0 saturated carbocycles. The number of hydrogen-bond donors (Lipinski definition) is 1. The summed E-state index contributed by atoms with van der Waals surface area (Å²) in [6.07, 6.45) is 50.8. The van der Waals surface area contributed by atoms with E-state index in [9.17, 15) is 14.7 Å². The van der Waals surface area contributed by atoms with Crippen LogP contribution in [0.3, 0.4) is 0 Å². The molecular formula is C42H68O5. The zero-order valence-electron chi connectivity index (χ0n) is 30.0. The Morgan fingerprint density at radius 1 is 0.511 bits per heavy atom. The van der Waals surface area contributed by atoms with Crippen LogP contribution in [0.1, 0.15) is 149 Å². The van der Waals surface area contributed by atoms with Crippen LogP contribution < -0.4 is 0 Å². The molecule has 0 radical (unpaired) electrons. The van der Waals surface area contributed by atoms with E-state index in [0.717, 1.165) is 64.2 Å².